The lowest BCUT2D eigenvalue weighted by molar-refractivity contribution is -0.145. The number of ether oxygens (including phenoxy) is 1. The van der Waals surface area contributed by atoms with Gasteiger partial charge in [-0.3, -0.25) is 9.59 Å². The molecule has 0 aromatic heterocycles. The zero-order chi connectivity index (χ0) is 18.4. The Morgan fingerprint density at radius 2 is 1.88 bits per heavy atom. The van der Waals surface area contributed by atoms with Crippen LogP contribution in [0.2, 0.25) is 5.02 Å². The van der Waals surface area contributed by atoms with E-state index in [9.17, 15) is 9.59 Å². The van der Waals surface area contributed by atoms with Gasteiger partial charge in [-0.25, -0.2) is 0 Å². The number of hydrogen-bond acceptors (Lipinski definition) is 3. The van der Waals surface area contributed by atoms with Crippen molar-refractivity contribution in [3.8, 4) is 0 Å². The molecule has 0 aliphatic carbocycles. The highest BCUT2D eigenvalue weighted by Gasteiger charge is 2.23. The van der Waals surface area contributed by atoms with Crippen molar-refractivity contribution in [2.45, 2.75) is 20.4 Å². The molecule has 4 nitrogen and oxygen atoms in total. The fraction of sp³-hybridized carbons (Fsp3) is 0.300. The molecule has 1 amide bonds. The van der Waals surface area contributed by atoms with Gasteiger partial charge in [0.05, 0.1) is 13.0 Å². The van der Waals surface area contributed by atoms with Gasteiger partial charge in [-0.2, -0.15) is 0 Å². The molecule has 2 rings (SSSR count). The standard InChI is InChI=1S/C20H22ClNO3/c1-14-7-6-9-16(11-14)19(23)22(12-15(2)20(24)25-3)13-17-8-4-5-10-18(17)21/h4-11,15H,12-13H2,1-3H3. The molecule has 0 spiro atoms. The van der Waals surface area contributed by atoms with Crippen molar-refractivity contribution >= 4 is 23.5 Å². The summed E-state index contributed by atoms with van der Waals surface area (Å²) in [5.74, 6) is -0.915. The summed E-state index contributed by atoms with van der Waals surface area (Å²) in [4.78, 5) is 26.4. The zero-order valence-corrected chi connectivity index (χ0v) is 15.4. The number of esters is 1. The predicted octanol–water partition coefficient (Wildman–Crippen LogP) is 4.10. The number of rotatable bonds is 6. The Morgan fingerprint density at radius 3 is 2.52 bits per heavy atom. The van der Waals surface area contributed by atoms with Crippen molar-refractivity contribution in [1.82, 2.24) is 4.90 Å². The molecule has 2 aromatic rings. The van der Waals surface area contributed by atoms with Crippen molar-refractivity contribution in [3.63, 3.8) is 0 Å². The van der Waals surface area contributed by atoms with Crippen molar-refractivity contribution in [2.75, 3.05) is 13.7 Å². The minimum atomic E-state index is -0.429. The summed E-state index contributed by atoms with van der Waals surface area (Å²) >= 11 is 6.24. The number of carbonyl (C=O) groups excluding carboxylic acids is 2. The van der Waals surface area contributed by atoms with Crippen molar-refractivity contribution in [2.24, 2.45) is 5.92 Å². The Hall–Kier alpha value is -2.33. The molecule has 132 valence electrons. The van der Waals surface area contributed by atoms with E-state index in [2.05, 4.69) is 0 Å². The second-order valence-corrected chi connectivity index (χ2v) is 6.48. The Morgan fingerprint density at radius 1 is 1.16 bits per heavy atom. The van der Waals surface area contributed by atoms with Crippen LogP contribution >= 0.6 is 11.6 Å². The molecule has 25 heavy (non-hydrogen) atoms. The number of nitrogens with zero attached hydrogens (tertiary/aromatic N) is 1. The molecule has 2 aromatic carbocycles. The molecular weight excluding hydrogens is 338 g/mol. The van der Waals surface area contributed by atoms with E-state index in [4.69, 9.17) is 16.3 Å². The number of halogens is 1. The zero-order valence-electron chi connectivity index (χ0n) is 14.7. The van der Waals surface area contributed by atoms with Crippen LogP contribution in [0.5, 0.6) is 0 Å². The Kier molecular flexibility index (Phi) is 6.59. The van der Waals surface area contributed by atoms with E-state index in [1.54, 1.807) is 24.0 Å². The molecule has 0 aliphatic heterocycles. The number of amides is 1. The average molecular weight is 360 g/mol. The van der Waals surface area contributed by atoms with Gasteiger partial charge in [-0.05, 0) is 30.7 Å². The van der Waals surface area contributed by atoms with Crippen molar-refractivity contribution < 1.29 is 14.3 Å². The number of methoxy groups -OCH3 is 1. The van der Waals surface area contributed by atoms with Crippen LogP contribution < -0.4 is 0 Å². The van der Waals surface area contributed by atoms with E-state index in [0.717, 1.165) is 11.1 Å². The third kappa shape index (κ3) is 5.07. The van der Waals surface area contributed by atoms with E-state index in [0.29, 0.717) is 17.1 Å². The average Bonchev–Trinajstić information content (AvgIpc) is 2.61. The van der Waals surface area contributed by atoms with Crippen LogP contribution in [-0.4, -0.2) is 30.4 Å². The minimum Gasteiger partial charge on any atom is -0.469 e. The first-order valence-electron chi connectivity index (χ1n) is 8.09. The highest BCUT2D eigenvalue weighted by Crippen LogP contribution is 2.20. The monoisotopic (exact) mass is 359 g/mol. The van der Waals surface area contributed by atoms with Crippen molar-refractivity contribution in [1.29, 1.82) is 0 Å². The van der Waals surface area contributed by atoms with Crippen molar-refractivity contribution in [3.05, 3.63) is 70.2 Å². The first kappa shape index (κ1) is 19.0. The van der Waals surface area contributed by atoms with Gasteiger partial charge >= 0.3 is 5.97 Å². The molecule has 0 saturated heterocycles. The van der Waals surface area contributed by atoms with E-state index < -0.39 is 5.92 Å². The predicted molar refractivity (Wildman–Crippen MR) is 98.6 cm³/mol. The van der Waals surface area contributed by atoms with Gasteiger partial charge in [0.1, 0.15) is 0 Å². The summed E-state index contributed by atoms with van der Waals surface area (Å²) in [6.07, 6.45) is 0. The highest BCUT2D eigenvalue weighted by molar-refractivity contribution is 6.31. The Balaban J connectivity index is 2.29. The third-order valence-corrected chi connectivity index (χ3v) is 4.34. The second kappa shape index (κ2) is 8.67. The molecule has 0 bridgehead atoms. The summed E-state index contributed by atoms with van der Waals surface area (Å²) < 4.78 is 4.79. The second-order valence-electron chi connectivity index (χ2n) is 6.07. The largest absolute Gasteiger partial charge is 0.469 e. The van der Waals surface area contributed by atoms with Crippen LogP contribution in [0.4, 0.5) is 0 Å². The van der Waals surface area contributed by atoms with Crippen LogP contribution in [0.25, 0.3) is 0 Å². The van der Waals surface area contributed by atoms with Gasteiger partial charge < -0.3 is 9.64 Å². The van der Waals surface area contributed by atoms with E-state index in [-0.39, 0.29) is 18.4 Å². The molecule has 1 atom stereocenters. The molecular formula is C20H22ClNO3. The Bertz CT molecular complexity index is 760. The summed E-state index contributed by atoms with van der Waals surface area (Å²) in [6.45, 7) is 4.26. The summed E-state index contributed by atoms with van der Waals surface area (Å²) in [5.41, 5.74) is 2.43. The summed E-state index contributed by atoms with van der Waals surface area (Å²) in [5, 5.41) is 0.593. The van der Waals surface area contributed by atoms with Crippen LogP contribution in [0.1, 0.15) is 28.4 Å². The van der Waals surface area contributed by atoms with E-state index in [1.165, 1.54) is 7.11 Å². The Labute approximate surface area is 153 Å². The molecule has 0 fully saturated rings. The first-order valence-corrected chi connectivity index (χ1v) is 8.47. The van der Waals surface area contributed by atoms with Gasteiger partial charge in [-0.1, -0.05) is 54.4 Å². The number of carbonyl (C=O) groups is 2. The fourth-order valence-electron chi connectivity index (χ4n) is 2.62. The first-order chi connectivity index (χ1) is 11.9. The molecule has 1 unspecified atom stereocenters. The summed E-state index contributed by atoms with van der Waals surface area (Å²) in [6, 6.07) is 14.8. The molecule has 5 heteroatoms. The number of aryl methyl sites for hydroxylation is 1. The normalized spacial score (nSPS) is 11.7. The molecule has 0 radical (unpaired) electrons. The lowest BCUT2D eigenvalue weighted by atomic mass is 10.1. The maximum atomic E-state index is 13.0. The quantitative estimate of drug-likeness (QED) is 0.729. The highest BCUT2D eigenvalue weighted by atomic mass is 35.5. The third-order valence-electron chi connectivity index (χ3n) is 3.97. The van der Waals surface area contributed by atoms with Gasteiger partial charge in [-0.15, -0.1) is 0 Å². The van der Waals surface area contributed by atoms with Gasteiger partial charge in [0, 0.05) is 23.7 Å². The molecule has 0 saturated carbocycles. The minimum absolute atomic E-state index is 0.139. The van der Waals surface area contributed by atoms with Crippen LogP contribution in [-0.2, 0) is 16.1 Å². The van der Waals surface area contributed by atoms with E-state index >= 15 is 0 Å². The molecule has 0 heterocycles. The van der Waals surface area contributed by atoms with Gasteiger partial charge in [0.2, 0.25) is 0 Å². The number of hydrogen-bond donors (Lipinski definition) is 0. The van der Waals surface area contributed by atoms with Gasteiger partial charge in [0.25, 0.3) is 5.91 Å². The fourth-order valence-corrected chi connectivity index (χ4v) is 2.81. The maximum absolute atomic E-state index is 13.0. The summed E-state index contributed by atoms with van der Waals surface area (Å²) in [7, 11) is 1.35. The van der Waals surface area contributed by atoms with Crippen LogP contribution in [0.3, 0.4) is 0 Å². The smallest absolute Gasteiger partial charge is 0.310 e. The van der Waals surface area contributed by atoms with Crippen LogP contribution in [0, 0.1) is 12.8 Å². The van der Waals surface area contributed by atoms with Crippen LogP contribution in [0.15, 0.2) is 48.5 Å². The van der Waals surface area contributed by atoms with Gasteiger partial charge in [0.15, 0.2) is 0 Å². The topological polar surface area (TPSA) is 46.6 Å². The van der Waals surface area contributed by atoms with E-state index in [1.807, 2.05) is 43.3 Å². The lowest BCUT2D eigenvalue weighted by Crippen LogP contribution is -2.37. The SMILES string of the molecule is COC(=O)C(C)CN(Cc1ccccc1Cl)C(=O)c1cccc(C)c1. The lowest BCUT2D eigenvalue weighted by Gasteiger charge is -2.26. The number of benzene rings is 2. The maximum Gasteiger partial charge on any atom is 0.310 e. The molecule has 0 N–H and O–H groups in total. The molecule has 0 aliphatic rings.